The van der Waals surface area contributed by atoms with Gasteiger partial charge in [0.1, 0.15) is 18.1 Å². The third-order valence-electron chi connectivity index (χ3n) is 2.15. The van der Waals surface area contributed by atoms with E-state index < -0.39 is 6.10 Å². The molecule has 0 bridgehead atoms. The average Bonchev–Trinajstić information content (AvgIpc) is 2.23. The van der Waals surface area contributed by atoms with E-state index in [0.717, 1.165) is 0 Å². The molecule has 14 heavy (non-hydrogen) atoms. The van der Waals surface area contributed by atoms with Crippen LogP contribution >= 0.6 is 0 Å². The van der Waals surface area contributed by atoms with Crippen molar-refractivity contribution >= 4 is 5.78 Å². The molecule has 0 aromatic heterocycles. The first-order valence-corrected chi connectivity index (χ1v) is 4.25. The fourth-order valence-corrected chi connectivity index (χ4v) is 1.38. The molecule has 0 saturated heterocycles. The fourth-order valence-electron chi connectivity index (χ4n) is 1.38. The molecule has 4 nitrogen and oxygen atoms in total. The van der Waals surface area contributed by atoms with Crippen LogP contribution in [0.5, 0.6) is 11.5 Å². The van der Waals surface area contributed by atoms with E-state index in [1.807, 2.05) is 0 Å². The molecule has 74 valence electrons. The Balaban J connectivity index is 2.44. The fraction of sp³-hybridized carbons (Fsp3) is 0.300. The Morgan fingerprint density at radius 1 is 1.57 bits per heavy atom. The zero-order valence-corrected chi connectivity index (χ0v) is 7.69. The SMILES string of the molecule is COc1ccc2c(c1)OC[C@@H](O)C2=O. The normalized spacial score (nSPS) is 19.9. The number of Topliss-reactive ketones (excluding diaryl/α,β-unsaturated/α-hetero) is 1. The maximum atomic E-state index is 11.4. The van der Waals surface area contributed by atoms with Gasteiger partial charge >= 0.3 is 0 Å². The van der Waals surface area contributed by atoms with Gasteiger partial charge in [-0.2, -0.15) is 0 Å². The number of fused-ring (bicyclic) bond motifs is 1. The number of carbonyl (C=O) groups excluding carboxylic acids is 1. The highest BCUT2D eigenvalue weighted by Gasteiger charge is 2.26. The van der Waals surface area contributed by atoms with Gasteiger partial charge in [0, 0.05) is 6.07 Å². The van der Waals surface area contributed by atoms with E-state index >= 15 is 0 Å². The zero-order valence-electron chi connectivity index (χ0n) is 7.69. The number of aliphatic hydroxyl groups excluding tert-OH is 1. The minimum atomic E-state index is -1.05. The lowest BCUT2D eigenvalue weighted by Crippen LogP contribution is -2.32. The van der Waals surface area contributed by atoms with Gasteiger partial charge in [0.15, 0.2) is 11.9 Å². The molecule has 0 saturated carbocycles. The number of rotatable bonds is 1. The van der Waals surface area contributed by atoms with Crippen molar-refractivity contribution in [2.75, 3.05) is 13.7 Å². The van der Waals surface area contributed by atoms with Crippen LogP contribution in [0.1, 0.15) is 10.4 Å². The summed E-state index contributed by atoms with van der Waals surface area (Å²) in [6, 6.07) is 4.90. The molecule has 4 heteroatoms. The van der Waals surface area contributed by atoms with Crippen molar-refractivity contribution in [3.8, 4) is 11.5 Å². The van der Waals surface area contributed by atoms with Gasteiger partial charge < -0.3 is 14.6 Å². The van der Waals surface area contributed by atoms with Crippen molar-refractivity contribution < 1.29 is 19.4 Å². The Bertz CT molecular complexity index is 372. The average molecular weight is 194 g/mol. The van der Waals surface area contributed by atoms with Gasteiger partial charge in [-0.1, -0.05) is 0 Å². The number of carbonyl (C=O) groups is 1. The lowest BCUT2D eigenvalue weighted by molar-refractivity contribution is 0.0557. The van der Waals surface area contributed by atoms with Crippen molar-refractivity contribution in [1.82, 2.24) is 0 Å². The first-order valence-electron chi connectivity index (χ1n) is 4.25. The van der Waals surface area contributed by atoms with Gasteiger partial charge in [0.2, 0.25) is 0 Å². The third kappa shape index (κ3) is 1.33. The second kappa shape index (κ2) is 3.31. The maximum absolute atomic E-state index is 11.4. The number of ketones is 1. The number of ether oxygens (including phenoxy) is 2. The van der Waals surface area contributed by atoms with Crippen LogP contribution in [-0.4, -0.2) is 30.7 Å². The van der Waals surface area contributed by atoms with Gasteiger partial charge in [-0.15, -0.1) is 0 Å². The molecule has 1 atom stereocenters. The van der Waals surface area contributed by atoms with Crippen LogP contribution in [0.4, 0.5) is 0 Å². The minimum absolute atomic E-state index is 0.0129. The highest BCUT2D eigenvalue weighted by molar-refractivity contribution is 6.02. The van der Waals surface area contributed by atoms with Gasteiger partial charge in [0.05, 0.1) is 12.7 Å². The maximum Gasteiger partial charge on any atom is 0.198 e. The summed E-state index contributed by atoms with van der Waals surface area (Å²) in [6.07, 6.45) is -1.05. The molecule has 0 spiro atoms. The third-order valence-corrected chi connectivity index (χ3v) is 2.15. The van der Waals surface area contributed by atoms with Gasteiger partial charge in [0.25, 0.3) is 0 Å². The Hall–Kier alpha value is -1.55. The van der Waals surface area contributed by atoms with E-state index in [4.69, 9.17) is 9.47 Å². The molecule has 0 radical (unpaired) electrons. The predicted molar refractivity (Wildman–Crippen MR) is 48.8 cm³/mol. The minimum Gasteiger partial charge on any atom is -0.497 e. The largest absolute Gasteiger partial charge is 0.497 e. The summed E-state index contributed by atoms with van der Waals surface area (Å²) in [6.45, 7) is 0.0129. The Labute approximate surface area is 81.1 Å². The van der Waals surface area contributed by atoms with Crippen LogP contribution in [0.15, 0.2) is 18.2 Å². The molecule has 1 aliphatic rings. The summed E-state index contributed by atoms with van der Waals surface area (Å²) in [5.74, 6) is 0.807. The number of methoxy groups -OCH3 is 1. The molecule has 1 aromatic rings. The first kappa shape index (κ1) is 9.02. The monoisotopic (exact) mass is 194 g/mol. The van der Waals surface area contributed by atoms with Crippen LogP contribution in [0.25, 0.3) is 0 Å². The van der Waals surface area contributed by atoms with E-state index in [-0.39, 0.29) is 12.4 Å². The molecule has 0 aliphatic carbocycles. The first-order chi connectivity index (χ1) is 6.72. The number of hydrogen-bond acceptors (Lipinski definition) is 4. The second-order valence-corrected chi connectivity index (χ2v) is 3.05. The highest BCUT2D eigenvalue weighted by Crippen LogP contribution is 2.28. The van der Waals surface area contributed by atoms with E-state index in [0.29, 0.717) is 17.1 Å². The Kier molecular flexibility index (Phi) is 2.13. The van der Waals surface area contributed by atoms with Crippen molar-refractivity contribution in [3.05, 3.63) is 23.8 Å². The molecule has 0 unspecified atom stereocenters. The molecular formula is C10H10O4. The smallest absolute Gasteiger partial charge is 0.198 e. The lowest BCUT2D eigenvalue weighted by Gasteiger charge is -2.20. The van der Waals surface area contributed by atoms with E-state index in [1.54, 1.807) is 25.3 Å². The van der Waals surface area contributed by atoms with Crippen molar-refractivity contribution in [1.29, 1.82) is 0 Å². The number of aliphatic hydroxyl groups is 1. The summed E-state index contributed by atoms with van der Waals surface area (Å²) in [4.78, 5) is 11.4. The van der Waals surface area contributed by atoms with E-state index in [2.05, 4.69) is 0 Å². The van der Waals surface area contributed by atoms with E-state index in [1.165, 1.54) is 0 Å². The van der Waals surface area contributed by atoms with Crippen molar-refractivity contribution in [2.45, 2.75) is 6.10 Å². The van der Waals surface area contributed by atoms with Gasteiger partial charge in [-0.3, -0.25) is 4.79 Å². The quantitative estimate of drug-likeness (QED) is 0.712. The zero-order chi connectivity index (χ0) is 10.1. The molecule has 1 aromatic carbocycles. The summed E-state index contributed by atoms with van der Waals surface area (Å²) < 4.78 is 10.2. The second-order valence-electron chi connectivity index (χ2n) is 3.05. The van der Waals surface area contributed by atoms with Gasteiger partial charge in [-0.25, -0.2) is 0 Å². The summed E-state index contributed by atoms with van der Waals surface area (Å²) in [7, 11) is 1.54. The Morgan fingerprint density at radius 3 is 3.07 bits per heavy atom. The van der Waals surface area contributed by atoms with Crippen LogP contribution in [0.2, 0.25) is 0 Å². The molecule has 1 heterocycles. The van der Waals surface area contributed by atoms with Crippen molar-refractivity contribution in [3.63, 3.8) is 0 Å². The molecule has 0 amide bonds. The van der Waals surface area contributed by atoms with Crippen molar-refractivity contribution in [2.24, 2.45) is 0 Å². The van der Waals surface area contributed by atoms with Crippen LogP contribution in [-0.2, 0) is 0 Å². The predicted octanol–water partition coefficient (Wildman–Crippen LogP) is 0.631. The lowest BCUT2D eigenvalue weighted by atomic mass is 10.0. The highest BCUT2D eigenvalue weighted by atomic mass is 16.5. The summed E-state index contributed by atoms with van der Waals surface area (Å²) >= 11 is 0. The molecule has 1 N–H and O–H groups in total. The molecule has 0 fully saturated rings. The van der Waals surface area contributed by atoms with Crippen LogP contribution in [0, 0.1) is 0 Å². The summed E-state index contributed by atoms with van der Waals surface area (Å²) in [5, 5.41) is 9.25. The molecule has 1 aliphatic heterocycles. The number of hydrogen-bond donors (Lipinski definition) is 1. The Morgan fingerprint density at radius 2 is 2.36 bits per heavy atom. The van der Waals surface area contributed by atoms with Crippen LogP contribution in [0.3, 0.4) is 0 Å². The van der Waals surface area contributed by atoms with E-state index in [9.17, 15) is 9.90 Å². The standard InChI is InChI=1S/C10H10O4/c1-13-6-2-3-7-9(4-6)14-5-8(11)10(7)12/h2-4,8,11H,5H2,1H3/t8-/m1/s1. The summed E-state index contributed by atoms with van der Waals surface area (Å²) in [5.41, 5.74) is 0.407. The topological polar surface area (TPSA) is 55.8 Å². The number of benzene rings is 1. The molecule has 2 rings (SSSR count). The van der Waals surface area contributed by atoms with Crippen LogP contribution < -0.4 is 9.47 Å². The molecular weight excluding hydrogens is 184 g/mol. The van der Waals surface area contributed by atoms with Gasteiger partial charge in [-0.05, 0) is 12.1 Å².